The van der Waals surface area contributed by atoms with Crippen molar-refractivity contribution in [1.29, 1.82) is 0 Å². The second-order valence-electron chi connectivity index (χ2n) is 5.68. The topological polar surface area (TPSA) is 92.3 Å². The van der Waals surface area contributed by atoms with Crippen LogP contribution in [0.4, 0.5) is 0 Å². The van der Waals surface area contributed by atoms with E-state index >= 15 is 0 Å². The van der Waals surface area contributed by atoms with Gasteiger partial charge in [0.1, 0.15) is 12.4 Å². The highest BCUT2D eigenvalue weighted by Crippen LogP contribution is 2.23. The number of halogens is 2. The maximum atomic E-state index is 12.4. The minimum atomic E-state index is -1.33. The van der Waals surface area contributed by atoms with Crippen molar-refractivity contribution in [3.05, 3.63) is 91.0 Å². The quantitative estimate of drug-likeness (QED) is 0.592. The predicted octanol–water partition coefficient (Wildman–Crippen LogP) is 4.05. The van der Waals surface area contributed by atoms with E-state index in [-0.39, 0.29) is 24.6 Å². The molecule has 0 radical (unpaired) electrons. The first kappa shape index (κ1) is 19.1. The number of aromatic nitrogens is 2. The third kappa shape index (κ3) is 4.75. The van der Waals surface area contributed by atoms with E-state index in [1.165, 1.54) is 0 Å². The number of benzene rings is 2. The predicted molar refractivity (Wildman–Crippen MR) is 105 cm³/mol. The third-order valence-corrected chi connectivity index (χ3v) is 4.70. The van der Waals surface area contributed by atoms with Gasteiger partial charge in [0, 0.05) is 15.9 Å². The lowest BCUT2D eigenvalue weighted by molar-refractivity contribution is 0.0683. The zero-order valence-electron chi connectivity index (χ0n) is 13.9. The molecular weight excluding hydrogens is 436 g/mol. The summed E-state index contributed by atoms with van der Waals surface area (Å²) in [6.45, 7) is 0.0635. The fraction of sp³-hybridized carbons (Fsp3) is 0.105. The first-order valence-corrected chi connectivity index (χ1v) is 9.08. The van der Waals surface area contributed by atoms with E-state index in [0.29, 0.717) is 5.02 Å². The molecule has 0 unspecified atom stereocenters. The van der Waals surface area contributed by atoms with E-state index in [0.717, 1.165) is 15.6 Å². The van der Waals surface area contributed by atoms with Gasteiger partial charge in [0.2, 0.25) is 5.75 Å². The van der Waals surface area contributed by atoms with E-state index in [1.54, 1.807) is 18.2 Å². The van der Waals surface area contributed by atoms with Gasteiger partial charge in [-0.2, -0.15) is 0 Å². The zero-order valence-corrected chi connectivity index (χ0v) is 16.3. The van der Waals surface area contributed by atoms with Gasteiger partial charge in [0.25, 0.3) is 5.56 Å². The van der Waals surface area contributed by atoms with Gasteiger partial charge in [0.05, 0.1) is 0 Å². The molecule has 0 fully saturated rings. The SMILES string of the molecule is O=C(O)c1nc(Cc2ccc(Cl)cc2Br)[nH]c(=O)c1OCc1ccccc1. The van der Waals surface area contributed by atoms with Crippen LogP contribution in [0.3, 0.4) is 0 Å². The van der Waals surface area contributed by atoms with Gasteiger partial charge < -0.3 is 14.8 Å². The standard InChI is InChI=1S/C19H14BrClN2O4/c20-14-9-13(21)7-6-12(14)8-15-22-16(19(25)26)17(18(24)23-15)27-10-11-4-2-1-3-5-11/h1-7,9H,8,10H2,(H,25,26)(H,22,23,24). The van der Waals surface area contributed by atoms with Crippen LogP contribution in [0.5, 0.6) is 5.75 Å². The number of carboxylic acids is 1. The molecule has 2 N–H and O–H groups in total. The summed E-state index contributed by atoms with van der Waals surface area (Å²) in [6.07, 6.45) is 0.228. The normalized spacial score (nSPS) is 10.6. The van der Waals surface area contributed by atoms with Crippen molar-refractivity contribution in [3.8, 4) is 5.75 Å². The average Bonchev–Trinajstić information content (AvgIpc) is 2.63. The van der Waals surface area contributed by atoms with Crippen LogP contribution in [0.25, 0.3) is 0 Å². The van der Waals surface area contributed by atoms with E-state index < -0.39 is 17.2 Å². The van der Waals surface area contributed by atoms with Crippen LogP contribution in [0.2, 0.25) is 5.02 Å². The van der Waals surface area contributed by atoms with Gasteiger partial charge in [-0.15, -0.1) is 0 Å². The molecule has 0 aliphatic heterocycles. The summed E-state index contributed by atoms with van der Waals surface area (Å²) in [7, 11) is 0. The number of carboxylic acid groups (broad SMARTS) is 1. The van der Waals surface area contributed by atoms with E-state index in [2.05, 4.69) is 25.9 Å². The maximum Gasteiger partial charge on any atom is 0.358 e. The van der Waals surface area contributed by atoms with Crippen molar-refractivity contribution in [1.82, 2.24) is 9.97 Å². The number of H-pyrrole nitrogens is 1. The lowest BCUT2D eigenvalue weighted by Crippen LogP contribution is -2.21. The molecule has 1 aromatic heterocycles. The molecule has 0 amide bonds. The Morgan fingerprint density at radius 1 is 1.22 bits per heavy atom. The molecule has 0 spiro atoms. The fourth-order valence-corrected chi connectivity index (χ4v) is 3.27. The lowest BCUT2D eigenvalue weighted by Gasteiger charge is -2.10. The van der Waals surface area contributed by atoms with Crippen LogP contribution in [0.1, 0.15) is 27.4 Å². The second kappa shape index (κ2) is 8.37. The van der Waals surface area contributed by atoms with Crippen molar-refractivity contribution in [2.45, 2.75) is 13.0 Å². The van der Waals surface area contributed by atoms with Gasteiger partial charge in [0.15, 0.2) is 5.69 Å². The number of nitrogens with zero attached hydrogens (tertiary/aromatic N) is 1. The molecule has 0 saturated carbocycles. The lowest BCUT2D eigenvalue weighted by atomic mass is 10.1. The largest absolute Gasteiger partial charge is 0.481 e. The first-order valence-electron chi connectivity index (χ1n) is 7.91. The molecule has 0 atom stereocenters. The number of carbonyl (C=O) groups is 1. The number of aromatic carboxylic acids is 1. The molecule has 2 aromatic carbocycles. The second-order valence-corrected chi connectivity index (χ2v) is 6.97. The summed E-state index contributed by atoms with van der Waals surface area (Å²) in [5.74, 6) is -1.43. The molecule has 3 aromatic rings. The van der Waals surface area contributed by atoms with Crippen molar-refractivity contribution in [3.63, 3.8) is 0 Å². The molecule has 0 saturated heterocycles. The molecule has 138 valence electrons. The van der Waals surface area contributed by atoms with E-state index in [1.807, 2.05) is 30.3 Å². The Morgan fingerprint density at radius 2 is 1.96 bits per heavy atom. The summed E-state index contributed by atoms with van der Waals surface area (Å²) < 4.78 is 6.18. The summed E-state index contributed by atoms with van der Waals surface area (Å²) in [5.41, 5.74) is 0.549. The highest BCUT2D eigenvalue weighted by molar-refractivity contribution is 9.10. The van der Waals surface area contributed by atoms with Crippen molar-refractivity contribution in [2.75, 3.05) is 0 Å². The monoisotopic (exact) mass is 448 g/mol. The van der Waals surface area contributed by atoms with Crippen LogP contribution < -0.4 is 10.3 Å². The highest BCUT2D eigenvalue weighted by atomic mass is 79.9. The number of hydrogen-bond donors (Lipinski definition) is 2. The van der Waals surface area contributed by atoms with Crippen LogP contribution in [0, 0.1) is 0 Å². The number of hydrogen-bond acceptors (Lipinski definition) is 4. The van der Waals surface area contributed by atoms with Crippen LogP contribution in [-0.2, 0) is 13.0 Å². The van der Waals surface area contributed by atoms with Gasteiger partial charge in [-0.3, -0.25) is 4.79 Å². The number of rotatable bonds is 6. The van der Waals surface area contributed by atoms with Crippen molar-refractivity contribution < 1.29 is 14.6 Å². The van der Waals surface area contributed by atoms with Gasteiger partial charge in [-0.1, -0.05) is 63.9 Å². The molecule has 8 heteroatoms. The minimum Gasteiger partial charge on any atom is -0.481 e. The summed E-state index contributed by atoms with van der Waals surface area (Å²) >= 11 is 9.31. The third-order valence-electron chi connectivity index (χ3n) is 3.73. The maximum absolute atomic E-state index is 12.4. The summed E-state index contributed by atoms with van der Waals surface area (Å²) in [5, 5.41) is 10.0. The average molecular weight is 450 g/mol. The Balaban J connectivity index is 1.90. The molecule has 27 heavy (non-hydrogen) atoms. The fourth-order valence-electron chi connectivity index (χ4n) is 2.45. The Morgan fingerprint density at radius 3 is 2.63 bits per heavy atom. The molecular formula is C19H14BrClN2O4. The number of aromatic amines is 1. The molecule has 0 aliphatic rings. The number of ether oxygens (including phenoxy) is 1. The smallest absolute Gasteiger partial charge is 0.358 e. The Bertz CT molecular complexity index is 1040. The Kier molecular flexibility index (Phi) is 5.93. The van der Waals surface area contributed by atoms with Crippen molar-refractivity contribution in [2.24, 2.45) is 0 Å². The Hall–Kier alpha value is -2.64. The van der Waals surface area contributed by atoms with Gasteiger partial charge in [-0.05, 0) is 23.3 Å². The molecule has 0 bridgehead atoms. The highest BCUT2D eigenvalue weighted by Gasteiger charge is 2.20. The minimum absolute atomic E-state index is 0.0635. The van der Waals surface area contributed by atoms with Crippen molar-refractivity contribution >= 4 is 33.5 Å². The number of nitrogens with one attached hydrogen (secondary N) is 1. The Labute approximate surface area is 167 Å². The van der Waals surface area contributed by atoms with Crippen LogP contribution in [0.15, 0.2) is 57.8 Å². The van der Waals surface area contributed by atoms with Crippen LogP contribution >= 0.6 is 27.5 Å². The summed E-state index contributed by atoms with van der Waals surface area (Å²) in [6, 6.07) is 14.3. The van der Waals surface area contributed by atoms with E-state index in [9.17, 15) is 14.7 Å². The van der Waals surface area contributed by atoms with E-state index in [4.69, 9.17) is 16.3 Å². The zero-order chi connectivity index (χ0) is 19.4. The molecule has 6 nitrogen and oxygen atoms in total. The van der Waals surface area contributed by atoms with Crippen LogP contribution in [-0.4, -0.2) is 21.0 Å². The first-order chi connectivity index (χ1) is 12.9. The summed E-state index contributed by atoms with van der Waals surface area (Å²) in [4.78, 5) is 30.6. The molecule has 0 aliphatic carbocycles. The molecule has 1 heterocycles. The molecule has 3 rings (SSSR count). The van der Waals surface area contributed by atoms with Gasteiger partial charge in [-0.25, -0.2) is 9.78 Å². The van der Waals surface area contributed by atoms with Gasteiger partial charge >= 0.3 is 5.97 Å².